The van der Waals surface area contributed by atoms with Crippen molar-refractivity contribution in [2.75, 3.05) is 13.2 Å². The Morgan fingerprint density at radius 2 is 1.39 bits per heavy atom. The zero-order valence-corrected chi connectivity index (χ0v) is 13.6. The molecule has 0 N–H and O–H groups in total. The zero-order valence-electron chi connectivity index (χ0n) is 12.6. The molecule has 0 aromatic heterocycles. The Labute approximate surface area is 133 Å². The van der Waals surface area contributed by atoms with Crippen molar-refractivity contribution in [3.63, 3.8) is 0 Å². The lowest BCUT2D eigenvalue weighted by Gasteiger charge is -2.14. The van der Waals surface area contributed by atoms with E-state index in [1.165, 1.54) is 12.1 Å². The Morgan fingerprint density at radius 3 is 1.91 bits per heavy atom. The van der Waals surface area contributed by atoms with E-state index in [2.05, 4.69) is 0 Å². The van der Waals surface area contributed by atoms with Gasteiger partial charge >= 0.3 is 9.28 Å². The van der Waals surface area contributed by atoms with Crippen molar-refractivity contribution in [1.29, 1.82) is 0 Å². The van der Waals surface area contributed by atoms with E-state index < -0.39 is 32.6 Å². The number of hydrogen-bond donors (Lipinski definition) is 0. The van der Waals surface area contributed by atoms with Gasteiger partial charge in [0.25, 0.3) is 0 Å². The molecule has 0 saturated carbocycles. The van der Waals surface area contributed by atoms with Crippen LogP contribution in [-0.4, -0.2) is 22.5 Å². The van der Waals surface area contributed by atoms with E-state index in [0.717, 1.165) is 5.19 Å². The second kappa shape index (κ2) is 7.72. The van der Waals surface area contributed by atoms with Crippen LogP contribution >= 0.6 is 0 Å². The van der Waals surface area contributed by atoms with E-state index in [9.17, 15) is 17.6 Å². The van der Waals surface area contributed by atoms with Gasteiger partial charge in [0.2, 0.25) is 0 Å². The number of benzene rings is 2. The quantitative estimate of drug-likeness (QED) is 0.345. The molecule has 23 heavy (non-hydrogen) atoms. The van der Waals surface area contributed by atoms with Crippen LogP contribution in [-0.2, 0) is 8.85 Å². The smallest absolute Gasteiger partial charge is 0.390 e. The fourth-order valence-electron chi connectivity index (χ4n) is 2.04. The van der Waals surface area contributed by atoms with Gasteiger partial charge in [0, 0.05) is 18.8 Å². The lowest BCUT2D eigenvalue weighted by atomic mass is 10.0. The molecule has 0 amide bonds. The molecule has 0 heterocycles. The van der Waals surface area contributed by atoms with Gasteiger partial charge < -0.3 is 8.85 Å². The van der Waals surface area contributed by atoms with Crippen LogP contribution in [0.2, 0.25) is 0 Å². The van der Waals surface area contributed by atoms with Crippen molar-refractivity contribution in [2.45, 2.75) is 13.8 Å². The highest BCUT2D eigenvalue weighted by Crippen LogP contribution is 2.27. The molecule has 2 aromatic rings. The normalized spacial score (nSPS) is 11.3. The second-order valence-electron chi connectivity index (χ2n) is 4.58. The topological polar surface area (TPSA) is 18.5 Å². The van der Waals surface area contributed by atoms with Crippen molar-refractivity contribution in [3.8, 4) is 11.1 Å². The molecule has 1 radical (unpaired) electrons. The molecule has 0 aliphatic rings. The van der Waals surface area contributed by atoms with Crippen molar-refractivity contribution < 1.29 is 26.4 Å². The molecule has 2 rings (SSSR count). The summed E-state index contributed by atoms with van der Waals surface area (Å²) in [6, 6.07) is 6.92. The standard InChI is InChI=1S/C16H15F4O2Si/c1-3-21-23(22-4-2)11-7-5-10(6-8-11)12-9-13(17)15(19)16(20)14(12)18/h5-9H,3-4H2,1-2H3. The van der Waals surface area contributed by atoms with Gasteiger partial charge in [-0.3, -0.25) is 0 Å². The van der Waals surface area contributed by atoms with Crippen LogP contribution in [0.4, 0.5) is 17.6 Å². The summed E-state index contributed by atoms with van der Waals surface area (Å²) in [5.74, 6) is -6.49. The average molecular weight is 343 g/mol. The Bertz CT molecular complexity index is 671. The maximum atomic E-state index is 13.8. The molecule has 0 fully saturated rings. The highest BCUT2D eigenvalue weighted by atomic mass is 28.3. The van der Waals surface area contributed by atoms with E-state index in [0.29, 0.717) is 19.3 Å². The van der Waals surface area contributed by atoms with Crippen molar-refractivity contribution in [1.82, 2.24) is 0 Å². The summed E-state index contributed by atoms with van der Waals surface area (Å²) >= 11 is 0. The molecule has 0 saturated heterocycles. The molecule has 0 aliphatic carbocycles. The van der Waals surface area contributed by atoms with Crippen molar-refractivity contribution in [3.05, 3.63) is 53.6 Å². The third-order valence-corrected chi connectivity index (χ3v) is 4.99. The van der Waals surface area contributed by atoms with Crippen LogP contribution in [0.3, 0.4) is 0 Å². The number of halogens is 4. The van der Waals surface area contributed by atoms with Crippen LogP contribution in [0.1, 0.15) is 13.8 Å². The van der Waals surface area contributed by atoms with Gasteiger partial charge in [-0.2, -0.15) is 0 Å². The lowest BCUT2D eigenvalue weighted by Crippen LogP contribution is -2.36. The van der Waals surface area contributed by atoms with Gasteiger partial charge in [-0.05, 0) is 30.7 Å². The summed E-state index contributed by atoms with van der Waals surface area (Å²) in [5.41, 5.74) is -0.104. The van der Waals surface area contributed by atoms with Crippen molar-refractivity contribution in [2.24, 2.45) is 0 Å². The zero-order chi connectivity index (χ0) is 17.0. The molecule has 0 aliphatic heterocycles. The van der Waals surface area contributed by atoms with Gasteiger partial charge in [-0.25, -0.2) is 17.6 Å². The maximum Gasteiger partial charge on any atom is 0.423 e. The van der Waals surface area contributed by atoms with Gasteiger partial charge in [0.1, 0.15) is 0 Å². The van der Waals surface area contributed by atoms with E-state index >= 15 is 0 Å². The summed E-state index contributed by atoms with van der Waals surface area (Å²) in [7, 11) is -1.66. The molecule has 2 aromatic carbocycles. The third-order valence-electron chi connectivity index (χ3n) is 3.09. The van der Waals surface area contributed by atoms with Crippen LogP contribution in [0.15, 0.2) is 30.3 Å². The van der Waals surface area contributed by atoms with Crippen LogP contribution < -0.4 is 5.19 Å². The third kappa shape index (κ3) is 3.80. The Hall–Kier alpha value is -1.70. The minimum absolute atomic E-state index is 0.235. The molecule has 123 valence electrons. The molecule has 0 unspecified atom stereocenters. The first-order valence-corrected chi connectivity index (χ1v) is 8.37. The first kappa shape index (κ1) is 17.6. The molecule has 0 atom stereocenters. The first-order chi connectivity index (χ1) is 11.0. The second-order valence-corrected chi connectivity index (χ2v) is 6.31. The molecule has 0 spiro atoms. The molecular weight excluding hydrogens is 328 g/mol. The van der Waals surface area contributed by atoms with E-state index in [4.69, 9.17) is 8.85 Å². The van der Waals surface area contributed by atoms with Gasteiger partial charge in [-0.15, -0.1) is 0 Å². The van der Waals surface area contributed by atoms with Crippen molar-refractivity contribution >= 4 is 14.5 Å². The van der Waals surface area contributed by atoms with E-state index in [1.807, 2.05) is 13.8 Å². The number of hydrogen-bond acceptors (Lipinski definition) is 2. The lowest BCUT2D eigenvalue weighted by molar-refractivity contribution is 0.225. The van der Waals surface area contributed by atoms with E-state index in [-0.39, 0.29) is 11.1 Å². The first-order valence-electron chi connectivity index (χ1n) is 7.05. The highest BCUT2D eigenvalue weighted by Gasteiger charge is 2.21. The monoisotopic (exact) mass is 343 g/mol. The summed E-state index contributed by atoms with van der Waals surface area (Å²) < 4.78 is 64.5. The van der Waals surface area contributed by atoms with Crippen LogP contribution in [0.25, 0.3) is 11.1 Å². The van der Waals surface area contributed by atoms with E-state index in [1.54, 1.807) is 12.1 Å². The largest absolute Gasteiger partial charge is 0.423 e. The summed E-state index contributed by atoms with van der Waals surface area (Å²) in [5, 5.41) is 0.783. The fourth-order valence-corrected chi connectivity index (χ4v) is 3.42. The molecule has 0 bridgehead atoms. The van der Waals surface area contributed by atoms with Gasteiger partial charge in [0.15, 0.2) is 23.3 Å². The summed E-state index contributed by atoms with van der Waals surface area (Å²) in [6.07, 6.45) is 0. The van der Waals surface area contributed by atoms with Crippen LogP contribution in [0, 0.1) is 23.3 Å². The predicted octanol–water partition coefficient (Wildman–Crippen LogP) is 3.68. The Kier molecular flexibility index (Phi) is 5.92. The summed E-state index contributed by atoms with van der Waals surface area (Å²) in [4.78, 5) is 0. The average Bonchev–Trinajstić information content (AvgIpc) is 2.56. The minimum atomic E-state index is -1.82. The predicted molar refractivity (Wildman–Crippen MR) is 80.4 cm³/mol. The van der Waals surface area contributed by atoms with Gasteiger partial charge in [0.05, 0.1) is 0 Å². The summed E-state index contributed by atoms with van der Waals surface area (Å²) in [6.45, 7) is 4.66. The molecule has 2 nitrogen and oxygen atoms in total. The number of rotatable bonds is 6. The molecular formula is C16H15F4O2Si. The fraction of sp³-hybridized carbons (Fsp3) is 0.250. The maximum absolute atomic E-state index is 13.8. The Balaban J connectivity index is 2.36. The Morgan fingerprint density at radius 1 is 0.826 bits per heavy atom. The minimum Gasteiger partial charge on any atom is -0.390 e. The van der Waals surface area contributed by atoms with Crippen LogP contribution in [0.5, 0.6) is 0 Å². The SMILES string of the molecule is CCO[Si](OCC)c1ccc(-c2cc(F)c(F)c(F)c2F)cc1. The molecule has 7 heteroatoms. The van der Waals surface area contributed by atoms with Gasteiger partial charge in [-0.1, -0.05) is 24.3 Å². The highest BCUT2D eigenvalue weighted by molar-refractivity contribution is 6.61.